The number of nitrogens with one attached hydrogen (secondary N) is 1. The molecular weight excluding hydrogens is 374 g/mol. The number of aryl methyl sites for hydroxylation is 2. The molecule has 2 aromatic carbocycles. The summed E-state index contributed by atoms with van der Waals surface area (Å²) < 4.78 is 21.2. The van der Waals surface area contributed by atoms with E-state index >= 15 is 0 Å². The van der Waals surface area contributed by atoms with Crippen LogP contribution >= 0.6 is 0 Å². The van der Waals surface area contributed by atoms with Crippen LogP contribution in [0.3, 0.4) is 0 Å². The van der Waals surface area contributed by atoms with Crippen LogP contribution in [0.4, 0.5) is 5.69 Å². The van der Waals surface area contributed by atoms with E-state index in [0.29, 0.717) is 41.1 Å². The Labute approximate surface area is 168 Å². The molecule has 0 saturated heterocycles. The van der Waals surface area contributed by atoms with Gasteiger partial charge in [-0.25, -0.2) is 0 Å². The summed E-state index contributed by atoms with van der Waals surface area (Å²) in [5.41, 5.74) is 2.50. The standard InChI is InChI=1S/C21H23N3O5/c1-13-7-5-6-8-15(13)21-23-19(29-24-21)10-9-18(25)22-14-11-16(26-2)20(28-4)17(12-14)27-3/h5-8,11-12H,9-10H2,1-4H3,(H,22,25). The Morgan fingerprint density at radius 1 is 1.07 bits per heavy atom. The van der Waals surface area contributed by atoms with Gasteiger partial charge in [0.15, 0.2) is 11.5 Å². The molecule has 152 valence electrons. The summed E-state index contributed by atoms with van der Waals surface area (Å²) in [5.74, 6) is 2.10. The second-order valence-corrected chi connectivity index (χ2v) is 6.29. The van der Waals surface area contributed by atoms with E-state index in [9.17, 15) is 4.79 Å². The number of hydrogen-bond donors (Lipinski definition) is 1. The number of benzene rings is 2. The van der Waals surface area contributed by atoms with Crippen LogP contribution in [0.25, 0.3) is 11.4 Å². The average Bonchev–Trinajstić information content (AvgIpc) is 3.20. The van der Waals surface area contributed by atoms with Gasteiger partial charge in [-0.05, 0) is 12.5 Å². The lowest BCUT2D eigenvalue weighted by Crippen LogP contribution is -2.12. The van der Waals surface area contributed by atoms with Crippen molar-refractivity contribution in [2.45, 2.75) is 19.8 Å². The highest BCUT2D eigenvalue weighted by Gasteiger charge is 2.16. The molecule has 8 heteroatoms. The number of amides is 1. The molecule has 0 radical (unpaired) electrons. The van der Waals surface area contributed by atoms with Gasteiger partial charge in [0.25, 0.3) is 0 Å². The molecule has 29 heavy (non-hydrogen) atoms. The first kappa shape index (κ1) is 20.2. The zero-order valence-corrected chi connectivity index (χ0v) is 16.8. The predicted molar refractivity (Wildman–Crippen MR) is 108 cm³/mol. The lowest BCUT2D eigenvalue weighted by atomic mass is 10.1. The smallest absolute Gasteiger partial charge is 0.227 e. The van der Waals surface area contributed by atoms with Crippen molar-refractivity contribution in [1.82, 2.24) is 10.1 Å². The van der Waals surface area contributed by atoms with E-state index in [0.717, 1.165) is 11.1 Å². The fourth-order valence-corrected chi connectivity index (χ4v) is 2.89. The monoisotopic (exact) mass is 397 g/mol. The van der Waals surface area contributed by atoms with Crippen molar-refractivity contribution in [2.75, 3.05) is 26.6 Å². The Bertz CT molecular complexity index is 974. The van der Waals surface area contributed by atoms with Gasteiger partial charge in [0, 0.05) is 36.2 Å². The summed E-state index contributed by atoms with van der Waals surface area (Å²) in [6, 6.07) is 11.1. The molecule has 0 atom stereocenters. The molecule has 1 heterocycles. The van der Waals surface area contributed by atoms with E-state index in [1.54, 1.807) is 12.1 Å². The first-order valence-corrected chi connectivity index (χ1v) is 9.04. The van der Waals surface area contributed by atoms with E-state index in [4.69, 9.17) is 18.7 Å². The Balaban J connectivity index is 1.64. The Morgan fingerprint density at radius 2 is 1.76 bits per heavy atom. The van der Waals surface area contributed by atoms with Gasteiger partial charge in [-0.2, -0.15) is 4.98 Å². The third kappa shape index (κ3) is 4.66. The number of rotatable bonds is 8. The van der Waals surface area contributed by atoms with Gasteiger partial charge in [-0.15, -0.1) is 0 Å². The molecule has 1 aromatic heterocycles. The maximum Gasteiger partial charge on any atom is 0.227 e. The minimum atomic E-state index is -0.199. The Hall–Kier alpha value is -3.55. The molecular formula is C21H23N3O5. The highest BCUT2D eigenvalue weighted by molar-refractivity contribution is 5.91. The van der Waals surface area contributed by atoms with E-state index < -0.39 is 0 Å². The molecule has 0 fully saturated rings. The minimum absolute atomic E-state index is 0.187. The summed E-state index contributed by atoms with van der Waals surface area (Å²) in [4.78, 5) is 16.7. The summed E-state index contributed by atoms with van der Waals surface area (Å²) in [6.07, 6.45) is 0.515. The van der Waals surface area contributed by atoms with Crippen molar-refractivity contribution in [3.05, 3.63) is 47.9 Å². The van der Waals surface area contributed by atoms with Gasteiger partial charge in [0.05, 0.1) is 21.3 Å². The number of methoxy groups -OCH3 is 3. The molecule has 8 nitrogen and oxygen atoms in total. The molecule has 0 aliphatic heterocycles. The van der Waals surface area contributed by atoms with Crippen LogP contribution in [0.2, 0.25) is 0 Å². The molecule has 0 unspecified atom stereocenters. The van der Waals surface area contributed by atoms with Crippen LogP contribution in [-0.4, -0.2) is 37.4 Å². The number of anilines is 1. The molecule has 1 amide bonds. The third-order valence-corrected chi connectivity index (χ3v) is 4.37. The highest BCUT2D eigenvalue weighted by Crippen LogP contribution is 2.39. The zero-order valence-electron chi connectivity index (χ0n) is 16.8. The van der Waals surface area contributed by atoms with Gasteiger partial charge in [0.2, 0.25) is 23.4 Å². The van der Waals surface area contributed by atoms with Crippen LogP contribution in [-0.2, 0) is 11.2 Å². The summed E-state index contributed by atoms with van der Waals surface area (Å²) in [6.45, 7) is 1.98. The van der Waals surface area contributed by atoms with Gasteiger partial charge in [0.1, 0.15) is 0 Å². The highest BCUT2D eigenvalue weighted by atomic mass is 16.5. The second kappa shape index (κ2) is 9.09. The molecule has 0 bridgehead atoms. The molecule has 0 saturated carbocycles. The average molecular weight is 397 g/mol. The first-order chi connectivity index (χ1) is 14.0. The van der Waals surface area contributed by atoms with Crippen LogP contribution in [0.15, 0.2) is 40.9 Å². The van der Waals surface area contributed by atoms with Crippen LogP contribution in [0, 0.1) is 6.92 Å². The quantitative estimate of drug-likeness (QED) is 0.620. The molecule has 0 aliphatic rings. The van der Waals surface area contributed by atoms with Gasteiger partial charge >= 0.3 is 0 Å². The molecule has 0 aliphatic carbocycles. The van der Waals surface area contributed by atoms with Crippen molar-refractivity contribution in [3.8, 4) is 28.6 Å². The van der Waals surface area contributed by atoms with Crippen LogP contribution in [0.1, 0.15) is 17.9 Å². The van der Waals surface area contributed by atoms with Crippen LogP contribution < -0.4 is 19.5 Å². The first-order valence-electron chi connectivity index (χ1n) is 9.04. The van der Waals surface area contributed by atoms with Gasteiger partial charge < -0.3 is 24.1 Å². The number of nitrogens with zero attached hydrogens (tertiary/aromatic N) is 2. The maximum atomic E-state index is 12.4. The minimum Gasteiger partial charge on any atom is -0.493 e. The van der Waals surface area contributed by atoms with Crippen molar-refractivity contribution in [3.63, 3.8) is 0 Å². The SMILES string of the molecule is COc1cc(NC(=O)CCc2nc(-c3ccccc3C)no2)cc(OC)c1OC. The predicted octanol–water partition coefficient (Wildman–Crippen LogP) is 3.64. The molecule has 3 aromatic rings. The Kier molecular flexibility index (Phi) is 6.33. The van der Waals surface area contributed by atoms with Gasteiger partial charge in [-0.3, -0.25) is 4.79 Å². The lowest BCUT2D eigenvalue weighted by molar-refractivity contribution is -0.116. The number of ether oxygens (including phenoxy) is 3. The number of hydrogen-bond acceptors (Lipinski definition) is 7. The number of carbonyl (C=O) groups excluding carboxylic acids is 1. The topological polar surface area (TPSA) is 95.7 Å². The largest absolute Gasteiger partial charge is 0.493 e. The van der Waals surface area contributed by atoms with Crippen molar-refractivity contribution in [2.24, 2.45) is 0 Å². The normalized spacial score (nSPS) is 10.5. The second-order valence-electron chi connectivity index (χ2n) is 6.29. The van der Waals surface area contributed by atoms with E-state index in [1.807, 2.05) is 31.2 Å². The molecule has 1 N–H and O–H groups in total. The van der Waals surface area contributed by atoms with E-state index in [2.05, 4.69) is 15.5 Å². The maximum absolute atomic E-state index is 12.4. The van der Waals surface area contributed by atoms with Crippen molar-refractivity contribution < 1.29 is 23.5 Å². The lowest BCUT2D eigenvalue weighted by Gasteiger charge is -2.14. The van der Waals surface area contributed by atoms with Crippen molar-refractivity contribution in [1.29, 1.82) is 0 Å². The zero-order chi connectivity index (χ0) is 20.8. The summed E-state index contributed by atoms with van der Waals surface area (Å²) in [7, 11) is 4.56. The van der Waals surface area contributed by atoms with E-state index in [1.165, 1.54) is 21.3 Å². The molecule has 3 rings (SSSR count). The Morgan fingerprint density at radius 3 is 2.38 bits per heavy atom. The van der Waals surface area contributed by atoms with E-state index in [-0.39, 0.29) is 12.3 Å². The molecule has 0 spiro atoms. The van der Waals surface area contributed by atoms with Crippen LogP contribution in [0.5, 0.6) is 17.2 Å². The summed E-state index contributed by atoms with van der Waals surface area (Å²) in [5, 5.41) is 6.83. The van der Waals surface area contributed by atoms with Gasteiger partial charge in [-0.1, -0.05) is 29.4 Å². The fourth-order valence-electron chi connectivity index (χ4n) is 2.89. The number of carbonyl (C=O) groups is 1. The van der Waals surface area contributed by atoms with Crippen molar-refractivity contribution >= 4 is 11.6 Å². The third-order valence-electron chi connectivity index (χ3n) is 4.37. The number of aromatic nitrogens is 2. The fraction of sp³-hybridized carbons (Fsp3) is 0.286. The summed E-state index contributed by atoms with van der Waals surface area (Å²) >= 11 is 0.